The molecule has 0 fully saturated rings. The molecule has 1 aliphatic heterocycles. The summed E-state index contributed by atoms with van der Waals surface area (Å²) in [6.45, 7) is 3.64. The molecule has 7 heteroatoms. The van der Waals surface area contributed by atoms with E-state index in [0.29, 0.717) is 24.8 Å². The third kappa shape index (κ3) is 4.13. The molecule has 1 heterocycles. The van der Waals surface area contributed by atoms with E-state index in [0.717, 1.165) is 0 Å². The molecule has 106 valence electrons. The van der Waals surface area contributed by atoms with E-state index in [1.165, 1.54) is 18.2 Å². The average molecular weight is 327 g/mol. The second-order valence-electron chi connectivity index (χ2n) is 4.08. The van der Waals surface area contributed by atoms with Crippen molar-refractivity contribution in [1.29, 1.82) is 0 Å². The second kappa shape index (κ2) is 6.64. The highest BCUT2D eigenvalue weighted by Crippen LogP contribution is 2.34. The Kier molecular flexibility index (Phi) is 5.71. The Morgan fingerprint density at radius 1 is 1.58 bits per heavy atom. The van der Waals surface area contributed by atoms with Gasteiger partial charge in [-0.15, -0.1) is 6.58 Å². The highest BCUT2D eigenvalue weighted by Gasteiger charge is 2.36. The Labute approximate surface area is 126 Å². The fourth-order valence-corrected chi connectivity index (χ4v) is 2.25. The maximum Gasteiger partial charge on any atom is 0.413 e. The monoisotopic (exact) mass is 325 g/mol. The second-order valence-corrected chi connectivity index (χ2v) is 6.36. The van der Waals surface area contributed by atoms with Crippen LogP contribution in [0.5, 0.6) is 0 Å². The first kappa shape index (κ1) is 16.3. The number of nitrogens with zero attached hydrogens (tertiary/aromatic N) is 1. The van der Waals surface area contributed by atoms with Crippen LogP contribution in [0.1, 0.15) is 19.3 Å². The van der Waals surface area contributed by atoms with Crippen molar-refractivity contribution in [2.75, 3.05) is 7.11 Å². The van der Waals surface area contributed by atoms with Crippen LogP contribution in [-0.4, -0.2) is 33.7 Å². The van der Waals surface area contributed by atoms with Gasteiger partial charge in [-0.05, 0) is 19.3 Å². The first-order valence-corrected chi connectivity index (χ1v) is 6.74. The summed E-state index contributed by atoms with van der Waals surface area (Å²) in [7, 11) is 1.27. The standard InChI is InChI=1S/C12H14Cl3NO3/c1-3-4-9-6-5-8(10(17)12(13,14)15)7-16(9)11(18)19-2/h3,7,9H,1,4-6H2,2H3/t9-/m1/s1. The Morgan fingerprint density at radius 3 is 2.68 bits per heavy atom. The largest absolute Gasteiger partial charge is 0.452 e. The van der Waals surface area contributed by atoms with E-state index in [4.69, 9.17) is 34.8 Å². The van der Waals surface area contributed by atoms with Crippen molar-refractivity contribution < 1.29 is 14.3 Å². The number of rotatable bonds is 3. The Morgan fingerprint density at radius 2 is 2.21 bits per heavy atom. The van der Waals surface area contributed by atoms with E-state index < -0.39 is 15.7 Å². The minimum atomic E-state index is -2.01. The summed E-state index contributed by atoms with van der Waals surface area (Å²) < 4.78 is 2.66. The first-order chi connectivity index (χ1) is 8.81. The predicted octanol–water partition coefficient (Wildman–Crippen LogP) is 3.62. The van der Waals surface area contributed by atoms with Crippen LogP contribution in [-0.2, 0) is 9.53 Å². The highest BCUT2D eigenvalue weighted by molar-refractivity contribution is 6.77. The molecular weight excluding hydrogens is 312 g/mol. The van der Waals surface area contributed by atoms with E-state index in [9.17, 15) is 9.59 Å². The quantitative estimate of drug-likeness (QED) is 0.588. The van der Waals surface area contributed by atoms with Crippen molar-refractivity contribution in [2.45, 2.75) is 29.1 Å². The molecule has 4 nitrogen and oxygen atoms in total. The lowest BCUT2D eigenvalue weighted by Gasteiger charge is -2.32. The molecule has 0 N–H and O–H groups in total. The number of ether oxygens (including phenoxy) is 1. The van der Waals surface area contributed by atoms with Gasteiger partial charge in [-0.25, -0.2) is 4.79 Å². The summed E-state index contributed by atoms with van der Waals surface area (Å²) in [6, 6.07) is -0.100. The normalized spacial score (nSPS) is 19.7. The van der Waals surface area contributed by atoms with E-state index in [-0.39, 0.29) is 6.04 Å². The molecule has 0 spiro atoms. The number of carbonyl (C=O) groups excluding carboxylic acids is 2. The summed E-state index contributed by atoms with van der Waals surface area (Å²) in [5.41, 5.74) is 0.297. The summed E-state index contributed by atoms with van der Waals surface area (Å²) >= 11 is 16.7. The molecule has 0 aliphatic carbocycles. The summed E-state index contributed by atoms with van der Waals surface area (Å²) in [6.07, 6.45) is 4.17. The van der Waals surface area contributed by atoms with Gasteiger partial charge < -0.3 is 4.74 Å². The molecular formula is C12H14Cl3NO3. The molecule has 1 amide bonds. The maximum absolute atomic E-state index is 11.9. The van der Waals surface area contributed by atoms with Crippen molar-refractivity contribution in [2.24, 2.45) is 0 Å². The van der Waals surface area contributed by atoms with E-state index >= 15 is 0 Å². The SMILES string of the molecule is C=CC[C@@H]1CCC(C(=O)C(Cl)(Cl)Cl)=CN1C(=O)OC. The Bertz CT molecular complexity index is 415. The molecule has 0 saturated heterocycles. The summed E-state index contributed by atoms with van der Waals surface area (Å²) in [4.78, 5) is 24.9. The van der Waals surface area contributed by atoms with Crippen molar-refractivity contribution >= 4 is 46.7 Å². The number of methoxy groups -OCH3 is 1. The van der Waals surface area contributed by atoms with Crippen molar-refractivity contribution in [3.63, 3.8) is 0 Å². The molecule has 19 heavy (non-hydrogen) atoms. The zero-order chi connectivity index (χ0) is 14.6. The average Bonchev–Trinajstić information content (AvgIpc) is 2.36. The van der Waals surface area contributed by atoms with Gasteiger partial charge in [0, 0.05) is 17.8 Å². The topological polar surface area (TPSA) is 46.6 Å². The minimum Gasteiger partial charge on any atom is -0.452 e. The molecule has 1 atom stereocenters. The molecule has 0 unspecified atom stereocenters. The number of hydrogen-bond donors (Lipinski definition) is 0. The molecule has 0 aromatic heterocycles. The molecule has 1 rings (SSSR count). The van der Waals surface area contributed by atoms with Crippen LogP contribution in [0, 0.1) is 0 Å². The number of carbonyl (C=O) groups is 2. The minimum absolute atomic E-state index is 0.100. The number of ketones is 1. The number of Topliss-reactive ketones (excluding diaryl/α,β-unsaturated/α-hetero) is 1. The number of allylic oxidation sites excluding steroid dienone is 1. The van der Waals surface area contributed by atoms with Gasteiger partial charge in [0.15, 0.2) is 0 Å². The zero-order valence-corrected chi connectivity index (χ0v) is 12.6. The highest BCUT2D eigenvalue weighted by atomic mass is 35.6. The van der Waals surface area contributed by atoms with Gasteiger partial charge >= 0.3 is 6.09 Å². The van der Waals surface area contributed by atoms with Crippen LogP contribution in [0.25, 0.3) is 0 Å². The summed E-state index contributed by atoms with van der Waals surface area (Å²) in [5, 5.41) is 0. The fraction of sp³-hybridized carbons (Fsp3) is 0.500. The van der Waals surface area contributed by atoms with Gasteiger partial charge in [0.1, 0.15) is 0 Å². The van der Waals surface area contributed by atoms with Gasteiger partial charge in [-0.2, -0.15) is 0 Å². The molecule has 0 aromatic carbocycles. The van der Waals surface area contributed by atoms with Gasteiger partial charge in [-0.3, -0.25) is 9.69 Å². The van der Waals surface area contributed by atoms with Gasteiger partial charge in [0.05, 0.1) is 7.11 Å². The van der Waals surface area contributed by atoms with Crippen LogP contribution in [0.15, 0.2) is 24.4 Å². The molecule has 0 aromatic rings. The van der Waals surface area contributed by atoms with E-state index in [1.54, 1.807) is 6.08 Å². The first-order valence-electron chi connectivity index (χ1n) is 5.60. The lowest BCUT2D eigenvalue weighted by Crippen LogP contribution is -2.40. The molecule has 1 aliphatic rings. The fourth-order valence-electron chi connectivity index (χ4n) is 1.88. The Hall–Kier alpha value is -0.710. The molecule has 0 radical (unpaired) electrons. The third-order valence-electron chi connectivity index (χ3n) is 2.81. The maximum atomic E-state index is 11.9. The predicted molar refractivity (Wildman–Crippen MR) is 75.5 cm³/mol. The lowest BCUT2D eigenvalue weighted by atomic mass is 9.96. The van der Waals surface area contributed by atoms with Gasteiger partial charge in [0.2, 0.25) is 5.78 Å². The molecule has 0 bridgehead atoms. The number of hydrogen-bond acceptors (Lipinski definition) is 3. The van der Waals surface area contributed by atoms with Crippen molar-refractivity contribution in [3.8, 4) is 0 Å². The smallest absolute Gasteiger partial charge is 0.413 e. The van der Waals surface area contributed by atoms with Crippen LogP contribution < -0.4 is 0 Å². The Balaban J connectivity index is 3.01. The van der Waals surface area contributed by atoms with Gasteiger partial charge in [-0.1, -0.05) is 40.9 Å². The zero-order valence-electron chi connectivity index (χ0n) is 10.4. The van der Waals surface area contributed by atoms with Crippen LogP contribution in [0.2, 0.25) is 0 Å². The molecule has 0 saturated carbocycles. The number of amides is 1. The van der Waals surface area contributed by atoms with Crippen LogP contribution in [0.4, 0.5) is 4.79 Å². The third-order valence-corrected chi connectivity index (χ3v) is 3.32. The van der Waals surface area contributed by atoms with Crippen LogP contribution in [0.3, 0.4) is 0 Å². The summed E-state index contributed by atoms with van der Waals surface area (Å²) in [5.74, 6) is -0.622. The van der Waals surface area contributed by atoms with E-state index in [2.05, 4.69) is 11.3 Å². The van der Waals surface area contributed by atoms with Gasteiger partial charge in [0.25, 0.3) is 3.79 Å². The number of halogens is 3. The van der Waals surface area contributed by atoms with Crippen LogP contribution >= 0.6 is 34.8 Å². The van der Waals surface area contributed by atoms with Crippen molar-refractivity contribution in [1.82, 2.24) is 4.90 Å². The lowest BCUT2D eigenvalue weighted by molar-refractivity contribution is -0.115. The number of alkyl halides is 3. The van der Waals surface area contributed by atoms with E-state index in [1.807, 2.05) is 0 Å². The van der Waals surface area contributed by atoms with Crippen molar-refractivity contribution in [3.05, 3.63) is 24.4 Å².